The number of carbonyl (C=O) groups is 2. The third-order valence-corrected chi connectivity index (χ3v) is 4.70. The van der Waals surface area contributed by atoms with Crippen molar-refractivity contribution >= 4 is 40.5 Å². The molecule has 19 heavy (non-hydrogen) atoms. The van der Waals surface area contributed by atoms with Gasteiger partial charge in [-0.1, -0.05) is 36.9 Å². The van der Waals surface area contributed by atoms with Gasteiger partial charge in [0.1, 0.15) is 0 Å². The van der Waals surface area contributed by atoms with Crippen LogP contribution in [-0.2, 0) is 9.59 Å². The minimum absolute atomic E-state index is 0.0969. The van der Waals surface area contributed by atoms with E-state index in [-0.39, 0.29) is 17.1 Å². The molecule has 0 spiro atoms. The lowest BCUT2D eigenvalue weighted by Gasteiger charge is -2.10. The second kappa shape index (κ2) is 6.77. The minimum Gasteiger partial charge on any atom is -0.304 e. The van der Waals surface area contributed by atoms with E-state index in [1.807, 2.05) is 37.3 Å². The van der Waals surface area contributed by atoms with E-state index in [1.165, 1.54) is 23.5 Å². The Hall–Kier alpha value is -1.27. The van der Waals surface area contributed by atoms with Crippen LogP contribution in [0, 0.1) is 0 Å². The van der Waals surface area contributed by atoms with Gasteiger partial charge < -0.3 is 5.32 Å². The van der Waals surface area contributed by atoms with Gasteiger partial charge in [0.2, 0.25) is 5.91 Å². The Balaban J connectivity index is 2.01. The van der Waals surface area contributed by atoms with Crippen molar-refractivity contribution in [3.8, 4) is 0 Å². The second-order valence-electron chi connectivity index (χ2n) is 3.92. The summed E-state index contributed by atoms with van der Waals surface area (Å²) in [7, 11) is 0. The Kier molecular flexibility index (Phi) is 5.04. The van der Waals surface area contributed by atoms with Gasteiger partial charge >= 0.3 is 0 Å². The number of rotatable bonds is 4. The average Bonchev–Trinajstić information content (AvgIpc) is 2.82. The van der Waals surface area contributed by atoms with Crippen molar-refractivity contribution in [1.82, 2.24) is 5.32 Å². The lowest BCUT2D eigenvalue weighted by Crippen LogP contribution is -2.23. The summed E-state index contributed by atoms with van der Waals surface area (Å²) in [5.41, 5.74) is 0. The zero-order valence-electron chi connectivity index (χ0n) is 10.5. The van der Waals surface area contributed by atoms with Gasteiger partial charge in [0.25, 0.3) is 5.91 Å². The first-order chi connectivity index (χ1) is 9.19. The monoisotopic (exact) mass is 294 g/mol. The largest absolute Gasteiger partial charge is 0.304 e. The van der Waals surface area contributed by atoms with E-state index in [0.29, 0.717) is 17.3 Å². The highest BCUT2D eigenvalue weighted by Gasteiger charge is 2.22. The summed E-state index contributed by atoms with van der Waals surface area (Å²) in [6.07, 6.45) is 0.702. The zero-order valence-corrected chi connectivity index (χ0v) is 12.1. The van der Waals surface area contributed by atoms with Crippen LogP contribution in [0.5, 0.6) is 0 Å². The molecule has 1 unspecified atom stereocenters. The van der Waals surface area contributed by atoms with Crippen molar-refractivity contribution in [3.05, 3.63) is 30.3 Å². The van der Waals surface area contributed by atoms with Crippen LogP contribution in [0.25, 0.3) is 0 Å². The number of nitrogens with zero attached hydrogens (tertiary/aromatic N) is 1. The van der Waals surface area contributed by atoms with Crippen molar-refractivity contribution < 1.29 is 9.59 Å². The fraction of sp³-hybridized carbons (Fsp3) is 0.308. The lowest BCUT2D eigenvalue weighted by atomic mass is 10.3. The number of amides is 2. The number of amidine groups is 1. The van der Waals surface area contributed by atoms with E-state index in [0.717, 1.165) is 4.90 Å². The van der Waals surface area contributed by atoms with E-state index in [2.05, 4.69) is 10.3 Å². The highest BCUT2D eigenvalue weighted by Crippen LogP contribution is 2.26. The molecule has 1 heterocycles. The van der Waals surface area contributed by atoms with Gasteiger partial charge in [0.05, 0.1) is 11.0 Å². The van der Waals surface area contributed by atoms with Crippen LogP contribution in [0.15, 0.2) is 40.2 Å². The first kappa shape index (κ1) is 14.1. The number of thioether (sulfide) groups is 2. The Morgan fingerprint density at radius 2 is 2.21 bits per heavy atom. The predicted octanol–water partition coefficient (Wildman–Crippen LogP) is 2.30. The molecular formula is C13H14N2O2S2. The molecule has 1 fully saturated rings. The molecule has 2 amide bonds. The number of hydrogen-bond donors (Lipinski definition) is 1. The van der Waals surface area contributed by atoms with E-state index in [9.17, 15) is 9.59 Å². The number of benzene rings is 1. The topological polar surface area (TPSA) is 58.5 Å². The predicted molar refractivity (Wildman–Crippen MR) is 79.4 cm³/mol. The first-order valence-electron chi connectivity index (χ1n) is 5.96. The molecule has 2 rings (SSSR count). The van der Waals surface area contributed by atoms with Crippen LogP contribution < -0.4 is 5.32 Å². The summed E-state index contributed by atoms with van der Waals surface area (Å²) in [5, 5.41) is 2.78. The molecule has 1 aliphatic heterocycles. The molecule has 0 radical (unpaired) electrons. The molecule has 1 atom stereocenters. The number of carbonyl (C=O) groups excluding carboxylic acids is 2. The first-order valence-corrected chi connectivity index (χ1v) is 7.82. The molecule has 0 aliphatic carbocycles. The van der Waals surface area contributed by atoms with E-state index in [4.69, 9.17) is 0 Å². The Labute approximate surface area is 120 Å². The summed E-state index contributed by atoms with van der Waals surface area (Å²) in [6, 6.07) is 9.77. The van der Waals surface area contributed by atoms with E-state index >= 15 is 0 Å². The normalized spacial score (nSPS) is 18.4. The van der Waals surface area contributed by atoms with Crippen LogP contribution in [0.4, 0.5) is 0 Å². The number of nitrogens with one attached hydrogen (secondary N) is 1. The van der Waals surface area contributed by atoms with Gasteiger partial charge in [0, 0.05) is 4.90 Å². The van der Waals surface area contributed by atoms with Crippen molar-refractivity contribution in [2.45, 2.75) is 23.5 Å². The van der Waals surface area contributed by atoms with Crippen LogP contribution in [-0.4, -0.2) is 28.0 Å². The molecule has 6 heteroatoms. The molecular weight excluding hydrogens is 280 g/mol. The summed E-state index contributed by atoms with van der Waals surface area (Å²) >= 11 is 2.77. The molecule has 0 bridgehead atoms. The third kappa shape index (κ3) is 4.11. The Bertz CT molecular complexity index is 503. The third-order valence-electron chi connectivity index (χ3n) is 2.47. The van der Waals surface area contributed by atoms with Crippen LogP contribution in [0.2, 0.25) is 0 Å². The van der Waals surface area contributed by atoms with Crippen LogP contribution in [0.3, 0.4) is 0 Å². The fourth-order valence-electron chi connectivity index (χ4n) is 1.53. The molecule has 1 saturated heterocycles. The summed E-state index contributed by atoms with van der Waals surface area (Å²) in [6.45, 7) is 1.96. The quantitative estimate of drug-likeness (QED) is 0.866. The fourth-order valence-corrected chi connectivity index (χ4v) is 3.17. The SMILES string of the molecule is CCC(Sc1ccccc1)C(=O)N=C1NC(=O)CS1. The molecule has 0 aromatic heterocycles. The number of aliphatic imine (C=N–C) groups is 1. The maximum atomic E-state index is 12.1. The van der Waals surface area contributed by atoms with Crippen molar-refractivity contribution in [1.29, 1.82) is 0 Å². The standard InChI is InChI=1S/C13H14N2O2S2/c1-2-10(19-9-6-4-3-5-7-9)12(17)15-13-14-11(16)8-18-13/h3-7,10H,2,8H2,1H3,(H,14,15,16,17). The highest BCUT2D eigenvalue weighted by molar-refractivity contribution is 8.15. The van der Waals surface area contributed by atoms with Crippen LogP contribution in [0.1, 0.15) is 13.3 Å². The highest BCUT2D eigenvalue weighted by atomic mass is 32.2. The van der Waals surface area contributed by atoms with Gasteiger partial charge in [0.15, 0.2) is 5.17 Å². The average molecular weight is 294 g/mol. The zero-order chi connectivity index (χ0) is 13.7. The van der Waals surface area contributed by atoms with Gasteiger partial charge in [-0.3, -0.25) is 9.59 Å². The van der Waals surface area contributed by atoms with Crippen molar-refractivity contribution in [2.24, 2.45) is 4.99 Å². The van der Waals surface area contributed by atoms with Gasteiger partial charge in [-0.05, 0) is 18.6 Å². The molecule has 100 valence electrons. The molecule has 1 aromatic carbocycles. The maximum Gasteiger partial charge on any atom is 0.261 e. The van der Waals surface area contributed by atoms with Crippen molar-refractivity contribution in [3.63, 3.8) is 0 Å². The minimum atomic E-state index is -0.215. The lowest BCUT2D eigenvalue weighted by molar-refractivity contribution is -0.117. The molecule has 0 saturated carbocycles. The van der Waals surface area contributed by atoms with E-state index < -0.39 is 0 Å². The summed E-state index contributed by atoms with van der Waals surface area (Å²) in [4.78, 5) is 28.1. The van der Waals surface area contributed by atoms with Gasteiger partial charge in [-0.15, -0.1) is 11.8 Å². The van der Waals surface area contributed by atoms with E-state index in [1.54, 1.807) is 0 Å². The Morgan fingerprint density at radius 1 is 1.47 bits per heavy atom. The van der Waals surface area contributed by atoms with Crippen LogP contribution >= 0.6 is 23.5 Å². The maximum absolute atomic E-state index is 12.1. The Morgan fingerprint density at radius 3 is 2.79 bits per heavy atom. The molecule has 1 N–H and O–H groups in total. The summed E-state index contributed by atoms with van der Waals surface area (Å²) < 4.78 is 0. The molecule has 1 aromatic rings. The van der Waals surface area contributed by atoms with Gasteiger partial charge in [-0.25, -0.2) is 0 Å². The van der Waals surface area contributed by atoms with Crippen molar-refractivity contribution in [2.75, 3.05) is 5.75 Å². The smallest absolute Gasteiger partial charge is 0.261 e. The van der Waals surface area contributed by atoms with Gasteiger partial charge in [-0.2, -0.15) is 4.99 Å². The second-order valence-corrected chi connectivity index (χ2v) is 6.16. The molecule has 4 nitrogen and oxygen atoms in total. The number of hydrogen-bond acceptors (Lipinski definition) is 4. The molecule has 1 aliphatic rings. The summed E-state index contributed by atoms with van der Waals surface area (Å²) in [5.74, 6) is 0.0516.